The number of thioether (sulfide) groups is 1. The third kappa shape index (κ3) is 5.65. The van der Waals surface area contributed by atoms with E-state index in [9.17, 15) is 27.6 Å². The summed E-state index contributed by atoms with van der Waals surface area (Å²) in [5.41, 5.74) is -1.48. The van der Waals surface area contributed by atoms with E-state index in [-0.39, 0.29) is 5.69 Å². The standard InChI is InChI=1S/C26H29ClF3N4O4S/c1-25(2)22(35)33(19-6-7-21(20(27)15-19)39-14-10-18-5-4-13-32(18)3)24(37)34(25,38-23(36)26(28,29)30)16-17-8-11-31-12-9-17/h6-9,11-12,15,18H,4-5,10,13-14,16H2,1-3H3/q+1. The molecule has 0 saturated carbocycles. The minimum atomic E-state index is -5.38. The number of rotatable bonds is 8. The van der Waals surface area contributed by atoms with E-state index in [1.54, 1.807) is 17.8 Å². The van der Waals surface area contributed by atoms with E-state index >= 15 is 0 Å². The number of halogens is 4. The predicted molar refractivity (Wildman–Crippen MR) is 140 cm³/mol. The Bertz CT molecular complexity index is 1260. The molecule has 2 aromatic rings. The van der Waals surface area contributed by atoms with Crippen molar-refractivity contribution in [2.45, 2.75) is 62.3 Å². The maximum Gasteiger partial charge on any atom is 0.497 e. The third-order valence-corrected chi connectivity index (χ3v) is 8.84. The van der Waals surface area contributed by atoms with E-state index in [2.05, 4.69) is 16.9 Å². The molecular weight excluding hydrogens is 557 g/mol. The van der Waals surface area contributed by atoms with Crippen molar-refractivity contribution in [3.8, 4) is 0 Å². The van der Waals surface area contributed by atoms with Gasteiger partial charge in [0.25, 0.3) is 0 Å². The first-order valence-electron chi connectivity index (χ1n) is 12.4. The van der Waals surface area contributed by atoms with Crippen LogP contribution in [-0.2, 0) is 21.0 Å². The highest BCUT2D eigenvalue weighted by Gasteiger charge is 2.71. The first-order chi connectivity index (χ1) is 18.3. The number of benzene rings is 1. The van der Waals surface area contributed by atoms with E-state index in [0.29, 0.717) is 16.6 Å². The molecule has 3 heterocycles. The molecule has 13 heteroatoms. The normalized spacial score (nSPS) is 23.5. The Hall–Kier alpha value is -2.67. The molecule has 4 rings (SSSR count). The van der Waals surface area contributed by atoms with E-state index in [0.717, 1.165) is 34.9 Å². The summed E-state index contributed by atoms with van der Waals surface area (Å²) in [7, 11) is 2.11. The summed E-state index contributed by atoms with van der Waals surface area (Å²) in [6, 6.07) is 6.92. The summed E-state index contributed by atoms with van der Waals surface area (Å²) >= 11 is 8.07. The van der Waals surface area contributed by atoms with Crippen LogP contribution in [-0.4, -0.2) is 69.5 Å². The number of nitrogens with zero attached hydrogens (tertiary/aromatic N) is 4. The second-order valence-electron chi connectivity index (χ2n) is 10.1. The second kappa shape index (κ2) is 11.1. The van der Waals surface area contributed by atoms with Crippen LogP contribution in [0.3, 0.4) is 0 Å². The molecule has 2 fully saturated rings. The summed E-state index contributed by atoms with van der Waals surface area (Å²) < 4.78 is 38.4. The van der Waals surface area contributed by atoms with Gasteiger partial charge in [-0.05, 0) is 73.6 Å². The van der Waals surface area contributed by atoms with Crippen LogP contribution in [0, 0.1) is 0 Å². The number of hydrogen-bond acceptors (Lipinski definition) is 7. The molecule has 2 saturated heterocycles. The molecular formula is C26H29ClF3N4O4S+. The molecule has 39 heavy (non-hydrogen) atoms. The van der Waals surface area contributed by atoms with Crippen molar-refractivity contribution in [1.82, 2.24) is 9.88 Å². The van der Waals surface area contributed by atoms with Gasteiger partial charge in [0.05, 0.1) is 10.7 Å². The number of hydroxylamine groups is 3. The van der Waals surface area contributed by atoms with Crippen molar-refractivity contribution in [3.05, 3.63) is 53.3 Å². The molecule has 8 nitrogen and oxygen atoms in total. The van der Waals surface area contributed by atoms with Crippen LogP contribution in [0.25, 0.3) is 0 Å². The van der Waals surface area contributed by atoms with Crippen LogP contribution >= 0.6 is 23.4 Å². The van der Waals surface area contributed by atoms with Gasteiger partial charge in [0.2, 0.25) is 5.54 Å². The molecule has 1 aromatic heterocycles. The van der Waals surface area contributed by atoms with Gasteiger partial charge in [-0.25, -0.2) is 9.59 Å². The number of amides is 3. The Balaban J connectivity index is 1.63. The summed E-state index contributed by atoms with van der Waals surface area (Å²) in [6.45, 7) is 3.10. The number of quaternary nitrogens is 1. The number of imide groups is 1. The maximum absolute atomic E-state index is 13.8. The summed E-state index contributed by atoms with van der Waals surface area (Å²) in [6.07, 6.45) is 0.685. The van der Waals surface area contributed by atoms with E-state index < -0.39 is 40.8 Å². The van der Waals surface area contributed by atoms with Gasteiger partial charge in [-0.1, -0.05) is 11.6 Å². The average Bonchev–Trinajstić information content (AvgIpc) is 3.33. The van der Waals surface area contributed by atoms with Gasteiger partial charge < -0.3 is 4.90 Å². The zero-order valence-electron chi connectivity index (χ0n) is 21.7. The fraction of sp³-hybridized carbons (Fsp3) is 0.462. The Morgan fingerprint density at radius 3 is 2.51 bits per heavy atom. The second-order valence-corrected chi connectivity index (χ2v) is 11.7. The summed E-state index contributed by atoms with van der Waals surface area (Å²) in [5.74, 6) is -2.59. The van der Waals surface area contributed by atoms with Crippen LogP contribution in [0.4, 0.5) is 23.7 Å². The zero-order valence-corrected chi connectivity index (χ0v) is 23.3. The molecule has 2 atom stereocenters. The molecule has 0 radical (unpaired) electrons. The molecule has 210 valence electrons. The summed E-state index contributed by atoms with van der Waals surface area (Å²) in [5, 5.41) is 0.294. The van der Waals surface area contributed by atoms with Crippen molar-refractivity contribution in [2.75, 3.05) is 24.2 Å². The Kier molecular flexibility index (Phi) is 8.32. The summed E-state index contributed by atoms with van der Waals surface area (Å²) in [4.78, 5) is 52.0. The van der Waals surface area contributed by atoms with Crippen LogP contribution in [0.2, 0.25) is 5.02 Å². The number of carbonyl (C=O) groups excluding carboxylic acids is 3. The van der Waals surface area contributed by atoms with E-state index in [1.165, 1.54) is 56.9 Å². The van der Waals surface area contributed by atoms with Crippen LogP contribution < -0.4 is 4.90 Å². The average molecular weight is 586 g/mol. The van der Waals surface area contributed by atoms with Crippen molar-refractivity contribution >= 4 is 47.0 Å². The lowest BCUT2D eigenvalue weighted by atomic mass is 10.0. The Morgan fingerprint density at radius 2 is 1.92 bits per heavy atom. The molecule has 3 amide bonds. The van der Waals surface area contributed by atoms with Gasteiger partial charge in [0, 0.05) is 42.7 Å². The fourth-order valence-corrected chi connectivity index (χ4v) is 6.24. The Morgan fingerprint density at radius 1 is 1.23 bits per heavy atom. The lowest BCUT2D eigenvalue weighted by Crippen LogP contribution is -2.62. The van der Waals surface area contributed by atoms with Crippen LogP contribution in [0.15, 0.2) is 47.6 Å². The minimum absolute atomic E-state index is 0.0701. The number of pyridine rings is 1. The largest absolute Gasteiger partial charge is 0.497 e. The smallest absolute Gasteiger partial charge is 0.303 e. The highest BCUT2D eigenvalue weighted by Crippen LogP contribution is 2.43. The lowest BCUT2D eigenvalue weighted by molar-refractivity contribution is -1.06. The van der Waals surface area contributed by atoms with Gasteiger partial charge in [-0.2, -0.15) is 18.1 Å². The lowest BCUT2D eigenvalue weighted by Gasteiger charge is -2.35. The van der Waals surface area contributed by atoms with Crippen molar-refractivity contribution < 1.29 is 37.0 Å². The first kappa shape index (κ1) is 29.3. The van der Waals surface area contributed by atoms with E-state index in [1.807, 2.05) is 0 Å². The first-order valence-corrected chi connectivity index (χ1v) is 13.7. The van der Waals surface area contributed by atoms with Gasteiger partial charge in [-0.15, -0.1) is 11.8 Å². The van der Waals surface area contributed by atoms with Crippen molar-refractivity contribution in [2.24, 2.45) is 0 Å². The minimum Gasteiger partial charge on any atom is -0.303 e. The molecule has 0 bridgehead atoms. The monoisotopic (exact) mass is 585 g/mol. The highest BCUT2D eigenvalue weighted by molar-refractivity contribution is 7.99. The van der Waals surface area contributed by atoms with Gasteiger partial charge in [0.15, 0.2) is 6.54 Å². The third-order valence-electron chi connectivity index (χ3n) is 7.31. The van der Waals surface area contributed by atoms with E-state index in [4.69, 9.17) is 16.4 Å². The van der Waals surface area contributed by atoms with Crippen LogP contribution in [0.1, 0.15) is 38.7 Å². The Labute approximate surface area is 233 Å². The molecule has 0 spiro atoms. The number of carbonyl (C=O) groups is 3. The zero-order chi connectivity index (χ0) is 28.6. The van der Waals surface area contributed by atoms with Crippen molar-refractivity contribution in [1.29, 1.82) is 0 Å². The SMILES string of the molecule is CN1CCCC1CCSc1ccc(N2C(=O)C(C)(C)[N+](Cc3ccncc3)(OC(=O)C(F)(F)F)C2=O)cc1Cl. The molecule has 0 aliphatic carbocycles. The van der Waals surface area contributed by atoms with Crippen LogP contribution in [0.5, 0.6) is 0 Å². The van der Waals surface area contributed by atoms with Crippen molar-refractivity contribution in [3.63, 3.8) is 0 Å². The highest BCUT2D eigenvalue weighted by atomic mass is 35.5. The number of aromatic nitrogens is 1. The number of hydrogen-bond donors (Lipinski definition) is 0. The molecule has 2 unspecified atom stereocenters. The molecule has 2 aliphatic heterocycles. The number of likely N-dealkylation sites (tertiary alicyclic amines) is 1. The molecule has 2 aliphatic rings. The molecule has 0 N–H and O–H groups in total. The predicted octanol–water partition coefficient (Wildman–Crippen LogP) is 5.59. The number of urea groups is 1. The van der Waals surface area contributed by atoms with Gasteiger partial charge in [0.1, 0.15) is 0 Å². The maximum atomic E-state index is 13.8. The number of alkyl halides is 3. The van der Waals surface area contributed by atoms with Gasteiger partial charge in [-0.3, -0.25) is 14.6 Å². The molecule has 1 aromatic carbocycles. The fourth-order valence-electron chi connectivity index (χ4n) is 4.93. The van der Waals surface area contributed by atoms with Gasteiger partial charge >= 0.3 is 24.1 Å². The topological polar surface area (TPSA) is 79.8 Å². The quantitative estimate of drug-likeness (QED) is 0.227. The number of anilines is 1.